The molecule has 6 heteroatoms. The van der Waals surface area contributed by atoms with Gasteiger partial charge in [-0.05, 0) is 37.1 Å². The van der Waals surface area contributed by atoms with Gasteiger partial charge in [-0.1, -0.05) is 37.3 Å². The Morgan fingerprint density at radius 1 is 1.00 bits per heavy atom. The second kappa shape index (κ2) is 8.17. The molecule has 6 nitrogen and oxygen atoms in total. The zero-order valence-corrected chi connectivity index (χ0v) is 15.8. The molecule has 0 radical (unpaired) electrons. The number of hydrogen-bond acceptors (Lipinski definition) is 5. The number of hydrogen-bond donors (Lipinski definition) is 0. The molecular weight excluding hydrogens is 358 g/mol. The largest absolute Gasteiger partial charge is 0.451 e. The minimum absolute atomic E-state index is 0.163. The fraction of sp³-hybridized carbons (Fsp3) is 0.273. The summed E-state index contributed by atoms with van der Waals surface area (Å²) in [6.07, 6.45) is 0.238. The van der Waals surface area contributed by atoms with Crippen molar-refractivity contribution in [2.24, 2.45) is 0 Å². The topological polar surface area (TPSA) is 80.8 Å². The van der Waals surface area contributed by atoms with Crippen LogP contribution < -0.4 is 4.90 Å². The van der Waals surface area contributed by atoms with Crippen LogP contribution in [0.25, 0.3) is 0 Å². The van der Waals surface area contributed by atoms with Gasteiger partial charge >= 0.3 is 5.97 Å². The molecule has 144 valence electrons. The van der Waals surface area contributed by atoms with Crippen molar-refractivity contribution in [3.63, 3.8) is 0 Å². The Labute approximate surface area is 163 Å². The lowest BCUT2D eigenvalue weighted by Crippen LogP contribution is -2.29. The summed E-state index contributed by atoms with van der Waals surface area (Å²) in [5.74, 6) is -1.58. The van der Waals surface area contributed by atoms with Crippen LogP contribution in [0.1, 0.15) is 53.0 Å². The molecule has 2 aromatic carbocycles. The number of nitrogens with zero attached hydrogens (tertiary/aromatic N) is 1. The van der Waals surface area contributed by atoms with Gasteiger partial charge in [0, 0.05) is 18.4 Å². The highest BCUT2D eigenvalue weighted by atomic mass is 16.5. The fourth-order valence-corrected chi connectivity index (χ4v) is 3.06. The van der Waals surface area contributed by atoms with Gasteiger partial charge in [0.05, 0.1) is 11.3 Å². The number of carbonyl (C=O) groups excluding carboxylic acids is 4. The third-order valence-electron chi connectivity index (χ3n) is 4.69. The number of esters is 1. The first-order valence-electron chi connectivity index (χ1n) is 9.20. The van der Waals surface area contributed by atoms with Crippen LogP contribution in [0.15, 0.2) is 48.5 Å². The Morgan fingerprint density at radius 2 is 1.64 bits per heavy atom. The van der Waals surface area contributed by atoms with Gasteiger partial charge in [0.15, 0.2) is 6.10 Å². The van der Waals surface area contributed by atoms with Crippen molar-refractivity contribution in [1.82, 2.24) is 0 Å². The number of ether oxygens (including phenoxy) is 1. The Hall–Kier alpha value is -3.28. The van der Waals surface area contributed by atoms with E-state index in [2.05, 4.69) is 0 Å². The van der Waals surface area contributed by atoms with E-state index in [9.17, 15) is 19.2 Å². The Morgan fingerprint density at radius 3 is 2.25 bits per heavy atom. The third kappa shape index (κ3) is 4.01. The zero-order chi connectivity index (χ0) is 20.3. The molecule has 2 aromatic rings. The first-order chi connectivity index (χ1) is 13.4. The molecule has 0 aliphatic carbocycles. The second-order valence-electron chi connectivity index (χ2n) is 6.64. The number of benzene rings is 2. The molecule has 1 saturated heterocycles. The number of amides is 2. The lowest BCUT2D eigenvalue weighted by molar-refractivity contribution is -0.121. The average molecular weight is 379 g/mol. The minimum Gasteiger partial charge on any atom is -0.451 e. The summed E-state index contributed by atoms with van der Waals surface area (Å²) in [6.45, 7) is 3.55. The molecule has 0 saturated carbocycles. The monoisotopic (exact) mass is 379 g/mol. The number of anilines is 1. The average Bonchev–Trinajstić information content (AvgIpc) is 3.05. The van der Waals surface area contributed by atoms with Crippen molar-refractivity contribution >= 4 is 29.3 Å². The second-order valence-corrected chi connectivity index (χ2v) is 6.64. The van der Waals surface area contributed by atoms with E-state index >= 15 is 0 Å². The SMILES string of the molecule is CCc1ccc(C(=O)[C@@H](C)OC(=O)c2cccc(N3C(=O)CCC3=O)c2)cc1. The molecule has 1 fully saturated rings. The van der Waals surface area contributed by atoms with Crippen LogP contribution in [-0.4, -0.2) is 29.7 Å². The molecule has 0 N–H and O–H groups in total. The van der Waals surface area contributed by atoms with Crippen molar-refractivity contribution in [2.75, 3.05) is 4.90 Å². The smallest absolute Gasteiger partial charge is 0.338 e. The number of Topliss-reactive ketones (excluding diaryl/α,β-unsaturated/α-hetero) is 1. The van der Waals surface area contributed by atoms with E-state index in [1.165, 1.54) is 19.1 Å². The number of rotatable bonds is 6. The van der Waals surface area contributed by atoms with Crippen molar-refractivity contribution in [3.05, 3.63) is 65.2 Å². The van der Waals surface area contributed by atoms with E-state index in [4.69, 9.17) is 4.74 Å². The van der Waals surface area contributed by atoms with Crippen molar-refractivity contribution in [3.8, 4) is 0 Å². The van der Waals surface area contributed by atoms with Crippen LogP contribution in [0.2, 0.25) is 0 Å². The normalized spacial score (nSPS) is 14.9. The molecule has 1 aliphatic rings. The van der Waals surface area contributed by atoms with Crippen molar-refractivity contribution in [2.45, 2.75) is 39.2 Å². The molecule has 3 rings (SSSR count). The van der Waals surface area contributed by atoms with Crippen LogP contribution in [0, 0.1) is 0 Å². The van der Waals surface area contributed by atoms with E-state index in [1.54, 1.807) is 24.3 Å². The van der Waals surface area contributed by atoms with Crippen molar-refractivity contribution in [1.29, 1.82) is 0 Å². The molecule has 0 spiro atoms. The Kier molecular flexibility index (Phi) is 5.68. The van der Waals surface area contributed by atoms with Gasteiger partial charge in [0.1, 0.15) is 0 Å². The maximum atomic E-state index is 12.5. The van der Waals surface area contributed by atoms with Gasteiger partial charge in [-0.2, -0.15) is 0 Å². The molecule has 28 heavy (non-hydrogen) atoms. The summed E-state index contributed by atoms with van der Waals surface area (Å²) >= 11 is 0. The van der Waals surface area contributed by atoms with Crippen LogP contribution in [0.4, 0.5) is 5.69 Å². The number of aryl methyl sites for hydroxylation is 1. The van der Waals surface area contributed by atoms with Gasteiger partial charge in [-0.25, -0.2) is 4.79 Å². The Bertz CT molecular complexity index is 916. The molecular formula is C22H21NO5. The van der Waals surface area contributed by atoms with Gasteiger partial charge in [-0.15, -0.1) is 0 Å². The van der Waals surface area contributed by atoms with Gasteiger partial charge in [-0.3, -0.25) is 19.3 Å². The standard InChI is InChI=1S/C22H21NO5/c1-3-15-7-9-16(10-8-15)21(26)14(2)28-22(27)17-5-4-6-18(13-17)23-19(24)11-12-20(23)25/h4-10,13-14H,3,11-12H2,1-2H3/t14-/m1/s1. The lowest BCUT2D eigenvalue weighted by atomic mass is 10.0. The number of imide groups is 1. The molecule has 1 aliphatic heterocycles. The lowest BCUT2D eigenvalue weighted by Gasteiger charge is -2.16. The maximum absolute atomic E-state index is 12.5. The molecule has 0 aromatic heterocycles. The molecule has 0 bridgehead atoms. The highest BCUT2D eigenvalue weighted by Crippen LogP contribution is 2.24. The van der Waals surface area contributed by atoms with E-state index in [0.29, 0.717) is 11.3 Å². The number of ketones is 1. The highest BCUT2D eigenvalue weighted by Gasteiger charge is 2.30. The van der Waals surface area contributed by atoms with Crippen LogP contribution >= 0.6 is 0 Å². The predicted octanol–water partition coefficient (Wildman–Crippen LogP) is 3.33. The van der Waals surface area contributed by atoms with E-state index in [1.807, 2.05) is 19.1 Å². The first-order valence-corrected chi connectivity index (χ1v) is 9.20. The molecule has 2 amide bonds. The summed E-state index contributed by atoms with van der Waals surface area (Å²) in [5.41, 5.74) is 2.09. The summed E-state index contributed by atoms with van der Waals surface area (Å²) in [7, 11) is 0. The van der Waals surface area contributed by atoms with Crippen molar-refractivity contribution < 1.29 is 23.9 Å². The van der Waals surface area contributed by atoms with Crippen LogP contribution in [0.5, 0.6) is 0 Å². The van der Waals surface area contributed by atoms with Crippen LogP contribution in [0.3, 0.4) is 0 Å². The van der Waals surface area contributed by atoms with Gasteiger partial charge < -0.3 is 4.74 Å². The van der Waals surface area contributed by atoms with E-state index < -0.39 is 12.1 Å². The summed E-state index contributed by atoms with van der Waals surface area (Å²) < 4.78 is 5.30. The predicted molar refractivity (Wildman–Crippen MR) is 103 cm³/mol. The van der Waals surface area contributed by atoms with Crippen LogP contribution in [-0.2, 0) is 20.7 Å². The fourth-order valence-electron chi connectivity index (χ4n) is 3.06. The maximum Gasteiger partial charge on any atom is 0.338 e. The summed E-state index contributed by atoms with van der Waals surface area (Å²) in [6, 6.07) is 13.3. The quantitative estimate of drug-likeness (QED) is 0.437. The first kappa shape index (κ1) is 19.5. The minimum atomic E-state index is -0.960. The summed E-state index contributed by atoms with van der Waals surface area (Å²) in [4.78, 5) is 49.8. The highest BCUT2D eigenvalue weighted by molar-refractivity contribution is 6.20. The zero-order valence-electron chi connectivity index (χ0n) is 15.8. The molecule has 1 atom stereocenters. The Balaban J connectivity index is 1.71. The third-order valence-corrected chi connectivity index (χ3v) is 4.69. The number of carbonyl (C=O) groups is 4. The van der Waals surface area contributed by atoms with E-state index in [-0.39, 0.29) is 36.0 Å². The van der Waals surface area contributed by atoms with Gasteiger partial charge in [0.2, 0.25) is 17.6 Å². The van der Waals surface area contributed by atoms with Gasteiger partial charge in [0.25, 0.3) is 0 Å². The molecule has 1 heterocycles. The summed E-state index contributed by atoms with van der Waals surface area (Å²) in [5, 5.41) is 0. The van der Waals surface area contributed by atoms with E-state index in [0.717, 1.165) is 16.9 Å². The molecule has 0 unspecified atom stereocenters.